The van der Waals surface area contributed by atoms with Crippen molar-refractivity contribution < 1.29 is 4.74 Å². The lowest BCUT2D eigenvalue weighted by Gasteiger charge is -2.41. The Hall–Kier alpha value is -1.02. The first-order chi connectivity index (χ1) is 9.94. The highest BCUT2D eigenvalue weighted by atomic mass is 16.5. The van der Waals surface area contributed by atoms with Crippen molar-refractivity contribution in [3.05, 3.63) is 29.8 Å². The summed E-state index contributed by atoms with van der Waals surface area (Å²) < 4.78 is 6.30. The maximum absolute atomic E-state index is 6.30. The van der Waals surface area contributed by atoms with Crippen LogP contribution in [-0.2, 0) is 6.42 Å². The fraction of sp³-hybridized carbons (Fsp3) is 0.684. The Bertz CT molecular complexity index is 432. The van der Waals surface area contributed by atoms with Crippen molar-refractivity contribution in [3.63, 3.8) is 0 Å². The molecule has 1 aromatic rings. The maximum Gasteiger partial charge on any atom is 0.119 e. The third-order valence-corrected chi connectivity index (χ3v) is 5.08. The van der Waals surface area contributed by atoms with Gasteiger partial charge in [-0.2, -0.15) is 0 Å². The third-order valence-electron chi connectivity index (χ3n) is 5.08. The van der Waals surface area contributed by atoms with E-state index in [1.165, 1.54) is 18.4 Å². The van der Waals surface area contributed by atoms with Crippen molar-refractivity contribution in [3.8, 4) is 5.75 Å². The molecule has 3 unspecified atom stereocenters. The number of aryl methyl sites for hydroxylation is 1. The molecule has 2 N–H and O–H groups in total. The van der Waals surface area contributed by atoms with Crippen LogP contribution in [0.25, 0.3) is 0 Å². The quantitative estimate of drug-likeness (QED) is 0.890. The molecule has 0 bridgehead atoms. The molecule has 118 valence electrons. The van der Waals surface area contributed by atoms with Gasteiger partial charge in [-0.15, -0.1) is 0 Å². The second-order valence-electron chi connectivity index (χ2n) is 7.53. The lowest BCUT2D eigenvalue weighted by Crippen LogP contribution is -2.41. The Balaban J connectivity index is 2.06. The zero-order valence-corrected chi connectivity index (χ0v) is 14.1. The van der Waals surface area contributed by atoms with Crippen molar-refractivity contribution >= 4 is 0 Å². The van der Waals surface area contributed by atoms with Gasteiger partial charge in [-0.05, 0) is 61.3 Å². The van der Waals surface area contributed by atoms with E-state index in [9.17, 15) is 0 Å². The molecule has 21 heavy (non-hydrogen) atoms. The molecule has 2 nitrogen and oxygen atoms in total. The van der Waals surface area contributed by atoms with Crippen LogP contribution in [0.4, 0.5) is 0 Å². The van der Waals surface area contributed by atoms with Crippen LogP contribution in [0.3, 0.4) is 0 Å². The highest BCUT2D eigenvalue weighted by molar-refractivity contribution is 5.27. The number of hydrogen-bond donors (Lipinski definition) is 1. The van der Waals surface area contributed by atoms with Crippen molar-refractivity contribution in [2.45, 2.75) is 59.5 Å². The molecule has 0 radical (unpaired) electrons. The lowest BCUT2D eigenvalue weighted by molar-refractivity contribution is 0.0331. The van der Waals surface area contributed by atoms with Gasteiger partial charge in [0.05, 0.1) is 0 Å². The summed E-state index contributed by atoms with van der Waals surface area (Å²) in [5.74, 6) is 2.21. The van der Waals surface area contributed by atoms with Gasteiger partial charge < -0.3 is 10.5 Å². The van der Waals surface area contributed by atoms with E-state index in [0.717, 1.165) is 31.1 Å². The smallest absolute Gasteiger partial charge is 0.119 e. The zero-order valence-electron chi connectivity index (χ0n) is 14.1. The Labute approximate surface area is 130 Å². The Morgan fingerprint density at radius 2 is 1.81 bits per heavy atom. The first-order valence-electron chi connectivity index (χ1n) is 8.39. The molecule has 0 heterocycles. The first kappa shape index (κ1) is 16.4. The van der Waals surface area contributed by atoms with Gasteiger partial charge in [-0.3, -0.25) is 0 Å². The van der Waals surface area contributed by atoms with Gasteiger partial charge in [0.2, 0.25) is 0 Å². The van der Waals surface area contributed by atoms with E-state index in [0.29, 0.717) is 11.3 Å². The molecule has 1 fully saturated rings. The molecule has 1 aliphatic carbocycles. The summed E-state index contributed by atoms with van der Waals surface area (Å²) in [6.45, 7) is 9.93. The summed E-state index contributed by atoms with van der Waals surface area (Å²) >= 11 is 0. The molecule has 1 saturated carbocycles. The summed E-state index contributed by atoms with van der Waals surface area (Å²) in [7, 11) is 0. The minimum Gasteiger partial charge on any atom is -0.490 e. The molecule has 0 aliphatic heterocycles. The third kappa shape index (κ3) is 4.23. The summed E-state index contributed by atoms with van der Waals surface area (Å²) in [6, 6.07) is 8.54. The first-order valence-corrected chi connectivity index (χ1v) is 8.39. The Morgan fingerprint density at radius 1 is 1.14 bits per heavy atom. The number of nitrogens with two attached hydrogens (primary N) is 1. The molecule has 2 rings (SSSR count). The van der Waals surface area contributed by atoms with Crippen LogP contribution < -0.4 is 10.5 Å². The van der Waals surface area contributed by atoms with Crippen LogP contribution in [0.2, 0.25) is 0 Å². The van der Waals surface area contributed by atoms with E-state index in [4.69, 9.17) is 10.5 Å². The molecule has 2 heteroatoms. The van der Waals surface area contributed by atoms with Crippen LogP contribution in [0.5, 0.6) is 5.75 Å². The molecule has 0 amide bonds. The molecule has 0 saturated heterocycles. The van der Waals surface area contributed by atoms with Gasteiger partial charge >= 0.3 is 0 Å². The number of rotatable bonds is 4. The van der Waals surface area contributed by atoms with Crippen molar-refractivity contribution in [2.24, 2.45) is 23.0 Å². The predicted octanol–water partition coefficient (Wildman–Crippen LogP) is 4.42. The average Bonchev–Trinajstić information content (AvgIpc) is 2.47. The Morgan fingerprint density at radius 3 is 2.33 bits per heavy atom. The van der Waals surface area contributed by atoms with Crippen LogP contribution in [-0.4, -0.2) is 12.6 Å². The molecule has 3 atom stereocenters. The van der Waals surface area contributed by atoms with E-state index in [-0.39, 0.29) is 6.10 Å². The van der Waals surface area contributed by atoms with E-state index >= 15 is 0 Å². The van der Waals surface area contributed by atoms with Crippen molar-refractivity contribution in [1.29, 1.82) is 0 Å². The topological polar surface area (TPSA) is 35.2 Å². The minimum absolute atomic E-state index is 0.264. The lowest BCUT2D eigenvalue weighted by atomic mass is 9.68. The van der Waals surface area contributed by atoms with Gasteiger partial charge in [-0.25, -0.2) is 0 Å². The standard InChI is InChI=1S/C19H31NO/c1-5-14-6-10-17(11-7-14)21-18-12-16(19(2,3)4)9-8-15(18)13-20/h6-7,10-11,15-16,18H,5,8-9,12-13,20H2,1-4H3. The normalized spacial score (nSPS) is 26.6. The SMILES string of the molecule is CCc1ccc(OC2CC(C(C)(C)C)CCC2CN)cc1. The summed E-state index contributed by atoms with van der Waals surface area (Å²) in [4.78, 5) is 0. The maximum atomic E-state index is 6.30. The van der Waals surface area contributed by atoms with Gasteiger partial charge in [0, 0.05) is 5.92 Å². The van der Waals surface area contributed by atoms with E-state index < -0.39 is 0 Å². The predicted molar refractivity (Wildman–Crippen MR) is 89.6 cm³/mol. The number of ether oxygens (including phenoxy) is 1. The summed E-state index contributed by atoms with van der Waals surface area (Å²) in [5, 5.41) is 0. The highest BCUT2D eigenvalue weighted by Gasteiger charge is 2.36. The van der Waals surface area contributed by atoms with Gasteiger partial charge in [0.25, 0.3) is 0 Å². The zero-order chi connectivity index (χ0) is 15.5. The van der Waals surface area contributed by atoms with E-state index in [1.54, 1.807) is 0 Å². The highest BCUT2D eigenvalue weighted by Crippen LogP contribution is 2.41. The van der Waals surface area contributed by atoms with Gasteiger partial charge in [-0.1, -0.05) is 39.8 Å². The average molecular weight is 289 g/mol. The van der Waals surface area contributed by atoms with E-state index in [2.05, 4.69) is 52.0 Å². The van der Waals surface area contributed by atoms with Crippen molar-refractivity contribution in [2.75, 3.05) is 6.54 Å². The molecular formula is C19H31NO. The van der Waals surface area contributed by atoms with Gasteiger partial charge in [0.1, 0.15) is 11.9 Å². The molecule has 0 aromatic heterocycles. The van der Waals surface area contributed by atoms with Crippen LogP contribution >= 0.6 is 0 Å². The number of hydrogen-bond acceptors (Lipinski definition) is 2. The summed E-state index contributed by atoms with van der Waals surface area (Å²) in [6.07, 6.45) is 4.93. The molecule has 1 aliphatic rings. The van der Waals surface area contributed by atoms with E-state index in [1.807, 2.05) is 0 Å². The molecule has 0 spiro atoms. The van der Waals surface area contributed by atoms with Crippen molar-refractivity contribution in [1.82, 2.24) is 0 Å². The van der Waals surface area contributed by atoms with Crippen LogP contribution in [0.1, 0.15) is 52.5 Å². The fourth-order valence-electron chi connectivity index (χ4n) is 3.37. The van der Waals surface area contributed by atoms with Crippen LogP contribution in [0.15, 0.2) is 24.3 Å². The molecular weight excluding hydrogens is 258 g/mol. The monoisotopic (exact) mass is 289 g/mol. The minimum atomic E-state index is 0.264. The number of benzene rings is 1. The second kappa shape index (κ2) is 6.83. The van der Waals surface area contributed by atoms with Crippen LogP contribution in [0, 0.1) is 17.3 Å². The van der Waals surface area contributed by atoms with Gasteiger partial charge in [0.15, 0.2) is 0 Å². The second-order valence-corrected chi connectivity index (χ2v) is 7.53. The molecule has 1 aromatic carbocycles. The largest absolute Gasteiger partial charge is 0.490 e. The fourth-order valence-corrected chi connectivity index (χ4v) is 3.37. The summed E-state index contributed by atoms with van der Waals surface area (Å²) in [5.41, 5.74) is 7.68. The Kier molecular flexibility index (Phi) is 5.32.